The van der Waals surface area contributed by atoms with Crippen LogP contribution in [0.3, 0.4) is 0 Å². The first-order valence-electron chi connectivity index (χ1n) is 9.00. The minimum atomic E-state index is -3.67. The van der Waals surface area contributed by atoms with E-state index in [0.29, 0.717) is 17.2 Å². The smallest absolute Gasteiger partial charge is 0.261 e. The maximum absolute atomic E-state index is 12.9. The second-order valence-electron chi connectivity index (χ2n) is 6.15. The Kier molecular flexibility index (Phi) is 5.81. The fraction of sp³-hybridized carbons (Fsp3) is 0.182. The molecule has 0 bridgehead atoms. The largest absolute Gasteiger partial charge is 0.457 e. The second kappa shape index (κ2) is 8.27. The van der Waals surface area contributed by atoms with Crippen LogP contribution in [0.4, 0.5) is 5.69 Å². The van der Waals surface area contributed by atoms with Gasteiger partial charge in [0, 0.05) is 0 Å². The van der Waals surface area contributed by atoms with Crippen molar-refractivity contribution in [1.82, 2.24) is 0 Å². The van der Waals surface area contributed by atoms with E-state index < -0.39 is 10.0 Å². The van der Waals surface area contributed by atoms with Crippen LogP contribution in [-0.2, 0) is 22.9 Å². The fourth-order valence-electron chi connectivity index (χ4n) is 2.88. The highest BCUT2D eigenvalue weighted by molar-refractivity contribution is 7.92. The minimum Gasteiger partial charge on any atom is -0.457 e. The van der Waals surface area contributed by atoms with Gasteiger partial charge in [0.2, 0.25) is 0 Å². The zero-order valence-electron chi connectivity index (χ0n) is 15.5. The Morgan fingerprint density at radius 2 is 1.30 bits per heavy atom. The van der Waals surface area contributed by atoms with Crippen molar-refractivity contribution in [3.63, 3.8) is 0 Å². The van der Waals surface area contributed by atoms with Crippen molar-refractivity contribution in [2.45, 2.75) is 31.6 Å². The van der Waals surface area contributed by atoms with E-state index in [2.05, 4.69) is 4.72 Å². The topological polar surface area (TPSA) is 55.4 Å². The van der Waals surface area contributed by atoms with Crippen LogP contribution in [0, 0.1) is 0 Å². The van der Waals surface area contributed by atoms with Gasteiger partial charge in [-0.1, -0.05) is 50.2 Å². The number of benzene rings is 3. The van der Waals surface area contributed by atoms with Gasteiger partial charge < -0.3 is 4.74 Å². The SMILES string of the molecule is CCc1cccc(CC)c1NS(=O)(=O)c1ccc(Oc2ccccc2)cc1. The molecule has 0 aromatic heterocycles. The Bertz CT molecular complexity index is 975. The molecule has 4 nitrogen and oxygen atoms in total. The number of hydrogen-bond donors (Lipinski definition) is 1. The van der Waals surface area contributed by atoms with E-state index in [1.165, 1.54) is 0 Å². The Hall–Kier alpha value is -2.79. The summed E-state index contributed by atoms with van der Waals surface area (Å²) in [6.07, 6.45) is 1.52. The molecule has 1 N–H and O–H groups in total. The third-order valence-electron chi connectivity index (χ3n) is 4.35. The van der Waals surface area contributed by atoms with Crippen LogP contribution < -0.4 is 9.46 Å². The van der Waals surface area contributed by atoms with Crippen LogP contribution in [0.2, 0.25) is 0 Å². The molecule has 0 spiro atoms. The molecule has 0 atom stereocenters. The van der Waals surface area contributed by atoms with Gasteiger partial charge in [-0.3, -0.25) is 4.72 Å². The molecule has 140 valence electrons. The average molecular weight is 381 g/mol. The molecular weight excluding hydrogens is 358 g/mol. The molecule has 0 aliphatic heterocycles. The van der Waals surface area contributed by atoms with Crippen molar-refractivity contribution in [3.05, 3.63) is 83.9 Å². The maximum atomic E-state index is 12.9. The summed E-state index contributed by atoms with van der Waals surface area (Å²) in [4.78, 5) is 0.205. The summed E-state index contributed by atoms with van der Waals surface area (Å²) in [5.74, 6) is 1.29. The molecule has 3 aromatic rings. The zero-order valence-corrected chi connectivity index (χ0v) is 16.3. The minimum absolute atomic E-state index is 0.205. The summed E-state index contributed by atoms with van der Waals surface area (Å²) >= 11 is 0. The Morgan fingerprint density at radius 1 is 0.741 bits per heavy atom. The molecule has 0 fully saturated rings. The third-order valence-corrected chi connectivity index (χ3v) is 5.71. The van der Waals surface area contributed by atoms with Crippen molar-refractivity contribution >= 4 is 15.7 Å². The summed E-state index contributed by atoms with van der Waals surface area (Å²) in [5.41, 5.74) is 2.66. The van der Waals surface area contributed by atoms with Gasteiger partial charge in [0.1, 0.15) is 11.5 Å². The monoisotopic (exact) mass is 381 g/mol. The number of rotatable bonds is 7. The molecule has 0 radical (unpaired) electrons. The van der Waals surface area contributed by atoms with Crippen LogP contribution in [0.1, 0.15) is 25.0 Å². The van der Waals surface area contributed by atoms with Crippen molar-refractivity contribution in [1.29, 1.82) is 0 Å². The van der Waals surface area contributed by atoms with Crippen molar-refractivity contribution < 1.29 is 13.2 Å². The van der Waals surface area contributed by atoms with Crippen LogP contribution in [-0.4, -0.2) is 8.42 Å². The van der Waals surface area contributed by atoms with Crippen LogP contribution >= 0.6 is 0 Å². The highest BCUT2D eigenvalue weighted by Crippen LogP contribution is 2.27. The third kappa shape index (κ3) is 4.49. The van der Waals surface area contributed by atoms with E-state index in [0.717, 1.165) is 24.0 Å². The van der Waals surface area contributed by atoms with E-state index >= 15 is 0 Å². The molecule has 0 aliphatic rings. The van der Waals surface area contributed by atoms with E-state index in [-0.39, 0.29) is 4.90 Å². The molecule has 0 aliphatic carbocycles. The molecule has 0 saturated carbocycles. The van der Waals surface area contributed by atoms with Crippen molar-refractivity contribution in [2.75, 3.05) is 4.72 Å². The van der Waals surface area contributed by atoms with Gasteiger partial charge in [-0.25, -0.2) is 8.42 Å². The zero-order chi connectivity index (χ0) is 19.3. The summed E-state index contributed by atoms with van der Waals surface area (Å²) in [6, 6.07) is 21.7. The number of para-hydroxylation sites is 2. The second-order valence-corrected chi connectivity index (χ2v) is 7.83. The number of sulfonamides is 1. The molecule has 0 heterocycles. The summed E-state index contributed by atoms with van der Waals surface area (Å²) < 4.78 is 34.2. The first-order valence-corrected chi connectivity index (χ1v) is 10.5. The quantitative estimate of drug-likeness (QED) is 0.596. The van der Waals surface area contributed by atoms with Crippen LogP contribution in [0.5, 0.6) is 11.5 Å². The van der Waals surface area contributed by atoms with Crippen LogP contribution in [0.25, 0.3) is 0 Å². The summed E-state index contributed by atoms with van der Waals surface area (Å²) in [6.45, 7) is 4.03. The molecule has 0 amide bonds. The number of aryl methyl sites for hydroxylation is 2. The molecule has 27 heavy (non-hydrogen) atoms. The van der Waals surface area contributed by atoms with Crippen molar-refractivity contribution in [3.8, 4) is 11.5 Å². The lowest BCUT2D eigenvalue weighted by molar-refractivity contribution is 0.482. The molecule has 5 heteroatoms. The van der Waals surface area contributed by atoms with Gasteiger partial charge in [-0.2, -0.15) is 0 Å². The number of hydrogen-bond acceptors (Lipinski definition) is 3. The first-order chi connectivity index (χ1) is 13.0. The molecule has 0 saturated heterocycles. The molecule has 3 aromatic carbocycles. The van der Waals surface area contributed by atoms with Gasteiger partial charge in [-0.15, -0.1) is 0 Å². The van der Waals surface area contributed by atoms with E-state index in [4.69, 9.17) is 4.74 Å². The predicted octanol–water partition coefficient (Wildman–Crippen LogP) is 5.40. The normalized spacial score (nSPS) is 11.2. The van der Waals surface area contributed by atoms with Gasteiger partial charge in [0.15, 0.2) is 0 Å². The average Bonchev–Trinajstić information content (AvgIpc) is 2.69. The lowest BCUT2D eigenvalue weighted by atomic mass is 10.0. The standard InChI is InChI=1S/C22H23NO3S/c1-3-17-9-8-10-18(4-2)22(17)23-27(24,25)21-15-13-20(14-16-21)26-19-11-6-5-7-12-19/h5-16,23H,3-4H2,1-2H3. The number of ether oxygens (including phenoxy) is 1. The fourth-order valence-corrected chi connectivity index (χ4v) is 4.02. The Balaban J connectivity index is 1.84. The molecule has 3 rings (SSSR count). The highest BCUT2D eigenvalue weighted by atomic mass is 32.2. The van der Waals surface area contributed by atoms with E-state index in [1.54, 1.807) is 24.3 Å². The molecule has 0 unspecified atom stereocenters. The van der Waals surface area contributed by atoms with E-state index in [1.807, 2.05) is 62.4 Å². The van der Waals surface area contributed by atoms with Crippen molar-refractivity contribution in [2.24, 2.45) is 0 Å². The summed E-state index contributed by atoms with van der Waals surface area (Å²) in [7, 11) is -3.67. The Labute approximate surface area is 160 Å². The van der Waals surface area contributed by atoms with Crippen LogP contribution in [0.15, 0.2) is 77.7 Å². The Morgan fingerprint density at radius 3 is 1.85 bits per heavy atom. The first kappa shape index (κ1) is 19.0. The lowest BCUT2D eigenvalue weighted by Crippen LogP contribution is -2.15. The lowest BCUT2D eigenvalue weighted by Gasteiger charge is -2.16. The number of anilines is 1. The number of nitrogens with one attached hydrogen (secondary N) is 1. The predicted molar refractivity (Wildman–Crippen MR) is 109 cm³/mol. The van der Waals surface area contributed by atoms with E-state index in [9.17, 15) is 8.42 Å². The highest BCUT2D eigenvalue weighted by Gasteiger charge is 2.17. The maximum Gasteiger partial charge on any atom is 0.261 e. The summed E-state index contributed by atoms with van der Waals surface area (Å²) in [5, 5.41) is 0. The van der Waals surface area contributed by atoms with Gasteiger partial charge in [0.25, 0.3) is 10.0 Å². The van der Waals surface area contributed by atoms with Gasteiger partial charge >= 0.3 is 0 Å². The van der Waals surface area contributed by atoms with Gasteiger partial charge in [0.05, 0.1) is 10.6 Å². The molecular formula is C22H23NO3S. The van der Waals surface area contributed by atoms with Gasteiger partial charge in [-0.05, 0) is 60.4 Å².